The summed E-state index contributed by atoms with van der Waals surface area (Å²) >= 11 is 0. The Morgan fingerprint density at radius 1 is 1.27 bits per heavy atom. The minimum Gasteiger partial charge on any atom is -0.370 e. The van der Waals surface area contributed by atoms with E-state index < -0.39 is 28.8 Å². The molecule has 0 aromatic heterocycles. The van der Waals surface area contributed by atoms with Crippen LogP contribution in [0.25, 0.3) is 0 Å². The quantitative estimate of drug-likeness (QED) is 0.710. The van der Waals surface area contributed by atoms with Crippen LogP contribution in [0.5, 0.6) is 0 Å². The minimum atomic E-state index is -2.86. The maximum atomic E-state index is 13.3. The molecule has 6 aliphatic rings. The number of hydrogen-bond donors (Lipinski definition) is 1. The van der Waals surface area contributed by atoms with Crippen molar-refractivity contribution in [2.45, 2.75) is 51.1 Å². The number of allylic oxidation sites excluding steroid dienone is 1. The lowest BCUT2D eigenvalue weighted by Crippen LogP contribution is -2.64. The molecule has 2 aliphatic carbocycles. The molecule has 1 amide bonds. The zero-order valence-corrected chi connectivity index (χ0v) is 17.1. The third-order valence-corrected chi connectivity index (χ3v) is 7.53. The summed E-state index contributed by atoms with van der Waals surface area (Å²) in [5, 5.41) is 11.8. The smallest absolute Gasteiger partial charge is 0.260 e. The van der Waals surface area contributed by atoms with Crippen LogP contribution in [0, 0.1) is 16.7 Å². The van der Waals surface area contributed by atoms with E-state index in [9.17, 15) is 18.4 Å². The molecule has 6 rings (SSSR count). The normalized spacial score (nSPS) is 36.7. The number of rotatable bonds is 1. The molecule has 9 heteroatoms. The number of azo groups is 1. The van der Waals surface area contributed by atoms with Gasteiger partial charge in [-0.1, -0.05) is 13.8 Å². The van der Waals surface area contributed by atoms with Crippen molar-refractivity contribution in [2.24, 2.45) is 27.0 Å². The lowest BCUT2D eigenvalue weighted by Gasteiger charge is -2.49. The highest BCUT2D eigenvalue weighted by Crippen LogP contribution is 2.59. The van der Waals surface area contributed by atoms with E-state index in [1.165, 1.54) is 4.90 Å². The first-order valence-electron chi connectivity index (χ1n) is 10.5. The second-order valence-corrected chi connectivity index (χ2v) is 10.6. The molecule has 4 aliphatic heterocycles. The van der Waals surface area contributed by atoms with Crippen molar-refractivity contribution < 1.29 is 23.1 Å². The summed E-state index contributed by atoms with van der Waals surface area (Å²) in [6.45, 7) is 5.52. The molecule has 3 fully saturated rings. The molecule has 0 bridgehead atoms. The first-order valence-corrected chi connectivity index (χ1v) is 10.5. The highest BCUT2D eigenvalue weighted by molar-refractivity contribution is 6.00. The number of Topliss-reactive ketones (excluding diaryl/α,β-unsaturated/α-hetero) is 1. The van der Waals surface area contributed by atoms with Gasteiger partial charge in [0.15, 0.2) is 11.6 Å². The fourth-order valence-corrected chi connectivity index (χ4v) is 6.06. The largest absolute Gasteiger partial charge is 0.370 e. The van der Waals surface area contributed by atoms with Crippen LogP contribution in [0.15, 0.2) is 32.9 Å². The molecule has 1 saturated carbocycles. The average Bonchev–Trinajstić information content (AvgIpc) is 2.98. The Morgan fingerprint density at radius 2 is 2.00 bits per heavy atom. The molecule has 0 aromatic carbocycles. The van der Waals surface area contributed by atoms with Gasteiger partial charge in [-0.15, -0.1) is 5.11 Å². The highest BCUT2D eigenvalue weighted by Gasteiger charge is 2.67. The molecule has 7 nitrogen and oxygen atoms in total. The minimum absolute atomic E-state index is 0.123. The summed E-state index contributed by atoms with van der Waals surface area (Å²) in [5.74, 6) is -3.69. The third-order valence-electron chi connectivity index (χ3n) is 7.53. The summed E-state index contributed by atoms with van der Waals surface area (Å²) in [5.41, 5.74) is 1.34. The molecule has 2 spiro atoms. The van der Waals surface area contributed by atoms with Gasteiger partial charge in [0.2, 0.25) is 5.91 Å². The number of amides is 1. The van der Waals surface area contributed by atoms with Crippen LogP contribution >= 0.6 is 0 Å². The predicted molar refractivity (Wildman–Crippen MR) is 100 cm³/mol. The fourth-order valence-electron chi connectivity index (χ4n) is 6.06. The number of hydrogen-bond acceptors (Lipinski definition) is 6. The number of nitrogens with zero attached hydrogens (tertiary/aromatic N) is 3. The SMILES string of the molecule is CC1(C)CC(=O)C2=C(C1)NC1=C(CN=N1)[C@]21COC2(CN(C(=O)[C@@H]3CC3(F)F)C2)C1. The monoisotopic (exact) mass is 418 g/mol. The van der Waals surface area contributed by atoms with Crippen LogP contribution in [0.1, 0.15) is 39.5 Å². The van der Waals surface area contributed by atoms with E-state index in [1.807, 2.05) is 0 Å². The Hall–Kier alpha value is -2.16. The average molecular weight is 418 g/mol. The van der Waals surface area contributed by atoms with Crippen LogP contribution in [0.4, 0.5) is 8.78 Å². The van der Waals surface area contributed by atoms with Gasteiger partial charge in [0.05, 0.1) is 31.7 Å². The van der Waals surface area contributed by atoms with Gasteiger partial charge in [-0.3, -0.25) is 9.59 Å². The van der Waals surface area contributed by atoms with Crippen LogP contribution in [0.3, 0.4) is 0 Å². The van der Waals surface area contributed by atoms with E-state index in [2.05, 4.69) is 29.4 Å². The summed E-state index contributed by atoms with van der Waals surface area (Å²) in [6, 6.07) is 0. The van der Waals surface area contributed by atoms with Crippen molar-refractivity contribution in [3.8, 4) is 0 Å². The number of halogens is 2. The van der Waals surface area contributed by atoms with E-state index in [1.54, 1.807) is 0 Å². The maximum Gasteiger partial charge on any atom is 0.260 e. The number of ketones is 1. The Labute approximate surface area is 172 Å². The number of fused-ring (bicyclic) bond motifs is 2. The van der Waals surface area contributed by atoms with Crippen molar-refractivity contribution in [3.63, 3.8) is 0 Å². The number of nitrogens with one attached hydrogen (secondary N) is 1. The zero-order valence-electron chi connectivity index (χ0n) is 17.1. The van der Waals surface area contributed by atoms with E-state index in [0.717, 1.165) is 23.3 Å². The molecular formula is C21H24F2N4O3. The first-order chi connectivity index (χ1) is 14.0. The zero-order chi connectivity index (χ0) is 21.1. The maximum absolute atomic E-state index is 13.3. The van der Waals surface area contributed by atoms with Gasteiger partial charge in [0, 0.05) is 29.7 Å². The van der Waals surface area contributed by atoms with Crippen molar-refractivity contribution in [1.29, 1.82) is 0 Å². The van der Waals surface area contributed by atoms with E-state index in [0.29, 0.717) is 44.9 Å². The Balaban J connectivity index is 1.30. The molecule has 30 heavy (non-hydrogen) atoms. The lowest BCUT2D eigenvalue weighted by molar-refractivity contribution is -0.161. The van der Waals surface area contributed by atoms with Crippen molar-refractivity contribution in [3.05, 3.63) is 22.7 Å². The van der Waals surface area contributed by atoms with Gasteiger partial charge >= 0.3 is 0 Å². The molecule has 0 radical (unpaired) electrons. The summed E-state index contributed by atoms with van der Waals surface area (Å²) in [6.07, 6.45) is 1.42. The number of dihydropyridines is 1. The van der Waals surface area contributed by atoms with Gasteiger partial charge in [-0.05, 0) is 18.3 Å². The first kappa shape index (κ1) is 18.6. The summed E-state index contributed by atoms with van der Waals surface area (Å²) in [4.78, 5) is 27.1. The van der Waals surface area contributed by atoms with E-state index >= 15 is 0 Å². The van der Waals surface area contributed by atoms with E-state index in [-0.39, 0.29) is 17.6 Å². The van der Waals surface area contributed by atoms with Crippen LogP contribution < -0.4 is 5.32 Å². The molecule has 2 saturated heterocycles. The Bertz CT molecular complexity index is 992. The van der Waals surface area contributed by atoms with Crippen molar-refractivity contribution in [1.82, 2.24) is 10.2 Å². The fraction of sp³-hybridized carbons (Fsp3) is 0.714. The van der Waals surface area contributed by atoms with Crippen LogP contribution in [0.2, 0.25) is 0 Å². The van der Waals surface area contributed by atoms with Crippen LogP contribution in [-0.4, -0.2) is 54.4 Å². The highest BCUT2D eigenvalue weighted by atomic mass is 19.3. The molecular weight excluding hydrogens is 394 g/mol. The molecule has 160 valence electrons. The predicted octanol–water partition coefficient (Wildman–Crippen LogP) is 2.55. The van der Waals surface area contributed by atoms with Gasteiger partial charge < -0.3 is 15.0 Å². The number of carbonyl (C=O) groups is 2. The molecule has 1 N–H and O–H groups in total. The summed E-state index contributed by atoms with van der Waals surface area (Å²) in [7, 11) is 0. The van der Waals surface area contributed by atoms with Gasteiger partial charge in [0.25, 0.3) is 5.92 Å². The lowest BCUT2D eigenvalue weighted by atomic mass is 9.61. The molecule has 0 aromatic rings. The van der Waals surface area contributed by atoms with Gasteiger partial charge in [-0.25, -0.2) is 8.78 Å². The summed E-state index contributed by atoms with van der Waals surface area (Å²) < 4.78 is 32.9. The Kier molecular flexibility index (Phi) is 3.32. The molecule has 0 unspecified atom stereocenters. The third kappa shape index (κ3) is 2.38. The van der Waals surface area contributed by atoms with Gasteiger partial charge in [0.1, 0.15) is 11.5 Å². The van der Waals surface area contributed by atoms with Crippen LogP contribution in [-0.2, 0) is 14.3 Å². The molecule has 4 heterocycles. The second-order valence-electron chi connectivity index (χ2n) is 10.6. The number of alkyl halides is 2. The standard InChI is InChI=1S/C21H24F2N4O3/c1-18(2)4-13-15(14(28)5-18)20(12-6-24-26-16(12)25-13)7-19(30-10-20)8-27(9-19)17(29)11-3-21(11,22)23/h11,25H,3-10H2,1-2H3/t11-,20-/m0/s1. The van der Waals surface area contributed by atoms with Gasteiger partial charge in [-0.2, -0.15) is 5.11 Å². The van der Waals surface area contributed by atoms with Crippen molar-refractivity contribution in [2.75, 3.05) is 26.2 Å². The topological polar surface area (TPSA) is 83.4 Å². The Morgan fingerprint density at radius 3 is 2.70 bits per heavy atom. The van der Waals surface area contributed by atoms with Crippen molar-refractivity contribution >= 4 is 11.7 Å². The number of carbonyl (C=O) groups excluding carboxylic acids is 2. The second kappa shape index (κ2) is 5.36. The van der Waals surface area contributed by atoms with E-state index in [4.69, 9.17) is 4.74 Å². The number of ether oxygens (including phenoxy) is 1. The molecule has 2 atom stereocenters. The number of likely N-dealkylation sites (tertiary alicyclic amines) is 1.